The van der Waals surface area contributed by atoms with Crippen molar-refractivity contribution in [2.24, 2.45) is 0 Å². The fraction of sp³-hybridized carbons (Fsp3) is 0.417. The SMILES string of the molecule is COCCCNc1ccc(C)cc1C#N. The van der Waals surface area contributed by atoms with Crippen LogP contribution in [0, 0.1) is 18.3 Å². The highest BCUT2D eigenvalue weighted by Crippen LogP contribution is 2.15. The van der Waals surface area contributed by atoms with Gasteiger partial charge in [0.25, 0.3) is 0 Å². The summed E-state index contributed by atoms with van der Waals surface area (Å²) in [6, 6.07) is 8.02. The molecule has 0 unspecified atom stereocenters. The van der Waals surface area contributed by atoms with E-state index >= 15 is 0 Å². The lowest BCUT2D eigenvalue weighted by atomic mass is 10.1. The molecule has 0 fully saturated rings. The zero-order chi connectivity index (χ0) is 11.1. The van der Waals surface area contributed by atoms with Gasteiger partial charge in [0.2, 0.25) is 0 Å². The molecule has 0 radical (unpaired) electrons. The molecule has 1 rings (SSSR count). The zero-order valence-corrected chi connectivity index (χ0v) is 9.21. The van der Waals surface area contributed by atoms with Crippen molar-refractivity contribution >= 4 is 5.69 Å². The van der Waals surface area contributed by atoms with Gasteiger partial charge < -0.3 is 10.1 Å². The van der Waals surface area contributed by atoms with Gasteiger partial charge in [-0.15, -0.1) is 0 Å². The summed E-state index contributed by atoms with van der Waals surface area (Å²) in [5, 5.41) is 12.2. The Balaban J connectivity index is 2.57. The quantitative estimate of drug-likeness (QED) is 0.748. The van der Waals surface area contributed by atoms with Crippen LogP contribution in [0.4, 0.5) is 5.69 Å². The van der Waals surface area contributed by atoms with Crippen LogP contribution in [0.5, 0.6) is 0 Å². The van der Waals surface area contributed by atoms with Gasteiger partial charge in [-0.3, -0.25) is 0 Å². The lowest BCUT2D eigenvalue weighted by molar-refractivity contribution is 0.198. The van der Waals surface area contributed by atoms with Gasteiger partial charge in [-0.1, -0.05) is 6.07 Å². The molecular weight excluding hydrogens is 188 g/mol. The highest BCUT2D eigenvalue weighted by atomic mass is 16.5. The number of nitriles is 1. The van der Waals surface area contributed by atoms with E-state index in [1.165, 1.54) is 0 Å². The third kappa shape index (κ3) is 3.61. The lowest BCUT2D eigenvalue weighted by Crippen LogP contribution is -2.05. The second kappa shape index (κ2) is 6.05. The number of hydrogen-bond acceptors (Lipinski definition) is 3. The van der Waals surface area contributed by atoms with Gasteiger partial charge in [-0.05, 0) is 31.0 Å². The Bertz CT molecular complexity index is 355. The number of benzene rings is 1. The second-order valence-electron chi connectivity index (χ2n) is 3.43. The Kier molecular flexibility index (Phi) is 4.65. The number of aryl methyl sites for hydroxylation is 1. The number of nitrogens with zero attached hydrogens (tertiary/aromatic N) is 1. The van der Waals surface area contributed by atoms with E-state index in [1.807, 2.05) is 25.1 Å². The molecule has 0 atom stereocenters. The molecule has 1 N–H and O–H groups in total. The third-order valence-electron chi connectivity index (χ3n) is 2.14. The number of nitrogens with one attached hydrogen (secondary N) is 1. The molecule has 0 saturated heterocycles. The molecule has 1 aromatic rings. The van der Waals surface area contributed by atoms with Crippen molar-refractivity contribution in [2.75, 3.05) is 25.6 Å². The first kappa shape index (κ1) is 11.5. The number of rotatable bonds is 5. The van der Waals surface area contributed by atoms with Crippen LogP contribution in [0.1, 0.15) is 17.5 Å². The zero-order valence-electron chi connectivity index (χ0n) is 9.21. The maximum absolute atomic E-state index is 8.93. The van der Waals surface area contributed by atoms with Crippen LogP contribution in [-0.2, 0) is 4.74 Å². The molecule has 0 aliphatic heterocycles. The van der Waals surface area contributed by atoms with Gasteiger partial charge >= 0.3 is 0 Å². The van der Waals surface area contributed by atoms with Gasteiger partial charge in [0, 0.05) is 20.3 Å². The topological polar surface area (TPSA) is 45.0 Å². The molecule has 0 amide bonds. The van der Waals surface area contributed by atoms with Crippen LogP contribution >= 0.6 is 0 Å². The maximum Gasteiger partial charge on any atom is 0.101 e. The molecule has 0 heterocycles. The molecule has 0 aliphatic rings. The van der Waals surface area contributed by atoms with Crippen LogP contribution in [-0.4, -0.2) is 20.3 Å². The summed E-state index contributed by atoms with van der Waals surface area (Å²) in [5.41, 5.74) is 2.71. The summed E-state index contributed by atoms with van der Waals surface area (Å²) >= 11 is 0. The fourth-order valence-corrected chi connectivity index (χ4v) is 1.34. The first-order valence-corrected chi connectivity index (χ1v) is 5.01. The monoisotopic (exact) mass is 204 g/mol. The largest absolute Gasteiger partial charge is 0.385 e. The lowest BCUT2D eigenvalue weighted by Gasteiger charge is -2.08. The highest BCUT2D eigenvalue weighted by Gasteiger charge is 2.00. The van der Waals surface area contributed by atoms with Crippen molar-refractivity contribution in [1.82, 2.24) is 0 Å². The highest BCUT2D eigenvalue weighted by molar-refractivity contribution is 5.58. The molecule has 0 aromatic heterocycles. The molecular formula is C12H16N2O. The van der Waals surface area contributed by atoms with Gasteiger partial charge in [0.1, 0.15) is 6.07 Å². The molecule has 15 heavy (non-hydrogen) atoms. The van der Waals surface area contributed by atoms with E-state index in [9.17, 15) is 0 Å². The standard InChI is InChI=1S/C12H16N2O/c1-10-4-5-12(11(8-10)9-13)14-6-3-7-15-2/h4-5,8,14H,3,6-7H2,1-2H3. The minimum absolute atomic E-state index is 0.701. The normalized spacial score (nSPS) is 9.67. The van der Waals surface area contributed by atoms with E-state index in [4.69, 9.17) is 10.00 Å². The molecule has 3 heteroatoms. The summed E-state index contributed by atoms with van der Waals surface area (Å²) < 4.78 is 4.95. The average Bonchev–Trinajstić information content (AvgIpc) is 2.26. The molecule has 3 nitrogen and oxygen atoms in total. The van der Waals surface area contributed by atoms with Crippen molar-refractivity contribution in [1.29, 1.82) is 5.26 Å². The van der Waals surface area contributed by atoms with Crippen LogP contribution in [0.25, 0.3) is 0 Å². The third-order valence-corrected chi connectivity index (χ3v) is 2.14. The van der Waals surface area contributed by atoms with Crippen LogP contribution < -0.4 is 5.32 Å². The number of hydrogen-bond donors (Lipinski definition) is 1. The van der Waals surface area contributed by atoms with Crippen LogP contribution in [0.2, 0.25) is 0 Å². The van der Waals surface area contributed by atoms with Crippen molar-refractivity contribution in [3.63, 3.8) is 0 Å². The minimum atomic E-state index is 0.701. The molecule has 0 spiro atoms. The molecule has 0 aliphatic carbocycles. The van der Waals surface area contributed by atoms with Crippen LogP contribution in [0.3, 0.4) is 0 Å². The van der Waals surface area contributed by atoms with E-state index in [1.54, 1.807) is 7.11 Å². The van der Waals surface area contributed by atoms with Crippen LogP contribution in [0.15, 0.2) is 18.2 Å². The van der Waals surface area contributed by atoms with Crippen molar-refractivity contribution in [2.45, 2.75) is 13.3 Å². The Morgan fingerprint density at radius 3 is 2.93 bits per heavy atom. The molecule has 0 saturated carbocycles. The van der Waals surface area contributed by atoms with Gasteiger partial charge in [-0.2, -0.15) is 5.26 Å². The predicted octanol–water partition coefficient (Wildman–Crippen LogP) is 2.32. The van der Waals surface area contributed by atoms with Gasteiger partial charge in [0.05, 0.1) is 11.3 Å². The van der Waals surface area contributed by atoms with Gasteiger partial charge in [0.15, 0.2) is 0 Å². The van der Waals surface area contributed by atoms with E-state index < -0.39 is 0 Å². The molecule has 1 aromatic carbocycles. The second-order valence-corrected chi connectivity index (χ2v) is 3.43. The molecule has 0 bridgehead atoms. The van der Waals surface area contributed by atoms with Gasteiger partial charge in [-0.25, -0.2) is 0 Å². The first-order chi connectivity index (χ1) is 7.27. The first-order valence-electron chi connectivity index (χ1n) is 5.01. The summed E-state index contributed by atoms with van der Waals surface area (Å²) in [6.45, 7) is 3.54. The number of methoxy groups -OCH3 is 1. The van der Waals surface area contributed by atoms with Crippen molar-refractivity contribution in [3.05, 3.63) is 29.3 Å². The van der Waals surface area contributed by atoms with Crippen molar-refractivity contribution in [3.8, 4) is 6.07 Å². The predicted molar refractivity (Wildman–Crippen MR) is 60.9 cm³/mol. The van der Waals surface area contributed by atoms with E-state index in [-0.39, 0.29) is 0 Å². The smallest absolute Gasteiger partial charge is 0.101 e. The van der Waals surface area contributed by atoms with E-state index in [0.717, 1.165) is 30.8 Å². The van der Waals surface area contributed by atoms with E-state index in [0.29, 0.717) is 5.56 Å². The fourth-order valence-electron chi connectivity index (χ4n) is 1.34. The Morgan fingerprint density at radius 2 is 2.27 bits per heavy atom. The van der Waals surface area contributed by atoms with Crippen molar-refractivity contribution < 1.29 is 4.74 Å². The number of anilines is 1. The number of ether oxygens (including phenoxy) is 1. The average molecular weight is 204 g/mol. The maximum atomic E-state index is 8.93. The summed E-state index contributed by atoms with van der Waals surface area (Å²) in [6.07, 6.45) is 0.940. The van der Waals surface area contributed by atoms with E-state index in [2.05, 4.69) is 11.4 Å². The molecule has 80 valence electrons. The Hall–Kier alpha value is -1.53. The Labute approximate surface area is 90.7 Å². The summed E-state index contributed by atoms with van der Waals surface area (Å²) in [5.74, 6) is 0. The summed E-state index contributed by atoms with van der Waals surface area (Å²) in [7, 11) is 1.69. The summed E-state index contributed by atoms with van der Waals surface area (Å²) in [4.78, 5) is 0. The Morgan fingerprint density at radius 1 is 1.47 bits per heavy atom. The minimum Gasteiger partial charge on any atom is -0.385 e.